The van der Waals surface area contributed by atoms with E-state index < -0.39 is 11.2 Å². The van der Waals surface area contributed by atoms with Gasteiger partial charge in [-0.15, -0.1) is 0 Å². The molecule has 2 rings (SSSR count). The molecule has 1 amide bonds. The molecule has 1 heterocycles. The van der Waals surface area contributed by atoms with Gasteiger partial charge in [0.15, 0.2) is 5.69 Å². The zero-order chi connectivity index (χ0) is 20.1. The maximum absolute atomic E-state index is 13.1. The molecule has 0 aliphatic carbocycles. The molecule has 0 saturated carbocycles. The second kappa shape index (κ2) is 9.03. The van der Waals surface area contributed by atoms with Crippen molar-refractivity contribution in [1.82, 2.24) is 9.55 Å². The van der Waals surface area contributed by atoms with E-state index in [1.165, 1.54) is 9.47 Å². The van der Waals surface area contributed by atoms with E-state index in [1.807, 2.05) is 26.8 Å². The lowest BCUT2D eigenvalue weighted by molar-refractivity contribution is 0.0986. The van der Waals surface area contributed by atoms with E-state index in [0.29, 0.717) is 25.1 Å². The average Bonchev–Trinajstić information content (AvgIpc) is 2.60. The Morgan fingerprint density at radius 1 is 1.33 bits per heavy atom. The number of aromatic nitrogens is 2. The lowest BCUT2D eigenvalue weighted by atomic mass is 10.1. The summed E-state index contributed by atoms with van der Waals surface area (Å²) >= 11 is 3.36. The Bertz CT molecular complexity index is 933. The summed E-state index contributed by atoms with van der Waals surface area (Å²) in [5, 5.41) is 0. The molecule has 0 saturated heterocycles. The van der Waals surface area contributed by atoms with Gasteiger partial charge in [-0.1, -0.05) is 49.2 Å². The molecule has 0 spiro atoms. The van der Waals surface area contributed by atoms with Crippen LogP contribution in [0.3, 0.4) is 0 Å². The molecule has 146 valence electrons. The van der Waals surface area contributed by atoms with Crippen LogP contribution in [0.2, 0.25) is 0 Å². The van der Waals surface area contributed by atoms with Gasteiger partial charge < -0.3 is 10.6 Å². The molecule has 0 bridgehead atoms. The Kier molecular flexibility index (Phi) is 7.01. The molecule has 3 N–H and O–H groups in total. The fourth-order valence-electron chi connectivity index (χ4n) is 2.79. The van der Waals surface area contributed by atoms with Crippen molar-refractivity contribution in [1.29, 1.82) is 0 Å². The van der Waals surface area contributed by atoms with Gasteiger partial charge in [-0.25, -0.2) is 4.79 Å². The van der Waals surface area contributed by atoms with Crippen molar-refractivity contribution in [2.45, 2.75) is 40.2 Å². The lowest BCUT2D eigenvalue weighted by Crippen LogP contribution is -2.42. The predicted molar refractivity (Wildman–Crippen MR) is 111 cm³/mol. The van der Waals surface area contributed by atoms with E-state index in [0.717, 1.165) is 10.9 Å². The number of nitrogens with two attached hydrogens (primary N) is 1. The van der Waals surface area contributed by atoms with Gasteiger partial charge in [-0.3, -0.25) is 19.1 Å². The van der Waals surface area contributed by atoms with Crippen LogP contribution in [-0.4, -0.2) is 22.0 Å². The molecular weight excluding hydrogens is 412 g/mol. The number of nitrogen functional groups attached to an aromatic ring is 1. The van der Waals surface area contributed by atoms with Gasteiger partial charge >= 0.3 is 5.69 Å². The van der Waals surface area contributed by atoms with Crippen molar-refractivity contribution in [3.8, 4) is 0 Å². The maximum Gasteiger partial charge on any atom is 0.330 e. The van der Waals surface area contributed by atoms with Crippen molar-refractivity contribution in [3.05, 3.63) is 55.1 Å². The number of benzene rings is 1. The standard InChI is InChI=1S/C19H25BrN4O3/c1-4-5-9-23(18(26)13-7-6-8-14(20)10-13)15-16(21)24(11-12(2)3)19(27)22-17(15)25/h6-8,10,12H,4-5,9,11,21H2,1-3H3,(H,22,25,27). The van der Waals surface area contributed by atoms with Gasteiger partial charge in [-0.2, -0.15) is 0 Å². The maximum atomic E-state index is 13.1. The van der Waals surface area contributed by atoms with E-state index in [9.17, 15) is 14.4 Å². The first-order valence-corrected chi connectivity index (χ1v) is 9.75. The van der Waals surface area contributed by atoms with Crippen LogP contribution in [0.15, 0.2) is 38.3 Å². The molecule has 8 heteroatoms. The zero-order valence-electron chi connectivity index (χ0n) is 15.8. The number of hydrogen-bond acceptors (Lipinski definition) is 4. The summed E-state index contributed by atoms with van der Waals surface area (Å²) in [5.41, 5.74) is 5.42. The van der Waals surface area contributed by atoms with Crippen molar-refractivity contribution >= 4 is 33.3 Å². The lowest BCUT2D eigenvalue weighted by Gasteiger charge is -2.25. The Hall–Kier alpha value is -2.35. The van der Waals surface area contributed by atoms with E-state index >= 15 is 0 Å². The van der Waals surface area contributed by atoms with Gasteiger partial charge in [0.25, 0.3) is 11.5 Å². The van der Waals surface area contributed by atoms with Gasteiger partial charge in [0.05, 0.1) is 0 Å². The van der Waals surface area contributed by atoms with Crippen LogP contribution in [0, 0.1) is 5.92 Å². The number of aromatic amines is 1. The van der Waals surface area contributed by atoms with E-state index in [4.69, 9.17) is 5.73 Å². The number of carbonyl (C=O) groups excluding carboxylic acids is 1. The summed E-state index contributed by atoms with van der Waals surface area (Å²) in [5.74, 6) is -0.179. The molecule has 2 aromatic rings. The number of nitrogens with one attached hydrogen (secondary N) is 1. The number of rotatable bonds is 7. The Labute approximate surface area is 166 Å². The molecule has 0 fully saturated rings. The molecule has 0 aliphatic heterocycles. The highest BCUT2D eigenvalue weighted by Gasteiger charge is 2.25. The molecule has 0 radical (unpaired) electrons. The third kappa shape index (κ3) is 4.88. The monoisotopic (exact) mass is 436 g/mol. The highest BCUT2D eigenvalue weighted by molar-refractivity contribution is 9.10. The zero-order valence-corrected chi connectivity index (χ0v) is 17.4. The minimum absolute atomic E-state index is 0.0110. The molecule has 1 aromatic heterocycles. The van der Waals surface area contributed by atoms with Crippen LogP contribution in [0.4, 0.5) is 11.5 Å². The molecule has 1 aromatic carbocycles. The molecule has 7 nitrogen and oxygen atoms in total. The largest absolute Gasteiger partial charge is 0.383 e. The summed E-state index contributed by atoms with van der Waals surface area (Å²) in [6.07, 6.45) is 1.54. The van der Waals surface area contributed by atoms with E-state index in [2.05, 4.69) is 20.9 Å². The average molecular weight is 437 g/mol. The first-order chi connectivity index (χ1) is 12.8. The SMILES string of the molecule is CCCCN(C(=O)c1cccc(Br)c1)c1c(N)n(CC(C)C)c(=O)[nH]c1=O. The fourth-order valence-corrected chi connectivity index (χ4v) is 3.19. The van der Waals surface area contributed by atoms with Crippen molar-refractivity contribution in [3.63, 3.8) is 0 Å². The second-order valence-electron chi connectivity index (χ2n) is 6.82. The molecule has 0 unspecified atom stereocenters. The van der Waals surface area contributed by atoms with Gasteiger partial charge in [0.1, 0.15) is 5.82 Å². The summed E-state index contributed by atoms with van der Waals surface area (Å²) in [7, 11) is 0. The van der Waals surface area contributed by atoms with Gasteiger partial charge in [-0.05, 0) is 30.5 Å². The molecule has 27 heavy (non-hydrogen) atoms. The normalized spacial score (nSPS) is 11.0. The van der Waals surface area contributed by atoms with Crippen LogP contribution in [0.25, 0.3) is 0 Å². The summed E-state index contributed by atoms with van der Waals surface area (Å²) in [6, 6.07) is 6.94. The number of halogens is 1. The quantitative estimate of drug-likeness (QED) is 0.696. The van der Waals surface area contributed by atoms with E-state index in [-0.39, 0.29) is 23.3 Å². The highest BCUT2D eigenvalue weighted by atomic mass is 79.9. The Morgan fingerprint density at radius 3 is 2.63 bits per heavy atom. The van der Waals surface area contributed by atoms with Gasteiger partial charge in [0.2, 0.25) is 0 Å². The summed E-state index contributed by atoms with van der Waals surface area (Å²) in [4.78, 5) is 41.5. The number of carbonyl (C=O) groups is 1. The topological polar surface area (TPSA) is 101 Å². The Morgan fingerprint density at radius 2 is 2.04 bits per heavy atom. The molecular formula is C19H25BrN4O3. The third-order valence-electron chi connectivity index (χ3n) is 4.08. The van der Waals surface area contributed by atoms with Crippen LogP contribution >= 0.6 is 15.9 Å². The fraction of sp³-hybridized carbons (Fsp3) is 0.421. The molecule has 0 aliphatic rings. The van der Waals surface area contributed by atoms with Crippen LogP contribution in [0.5, 0.6) is 0 Å². The molecule has 0 atom stereocenters. The van der Waals surface area contributed by atoms with Crippen LogP contribution in [-0.2, 0) is 6.54 Å². The number of nitrogens with zero attached hydrogens (tertiary/aromatic N) is 2. The van der Waals surface area contributed by atoms with Crippen molar-refractivity contribution in [2.75, 3.05) is 17.2 Å². The summed E-state index contributed by atoms with van der Waals surface area (Å²) in [6.45, 7) is 6.56. The minimum atomic E-state index is -0.656. The number of unbranched alkanes of at least 4 members (excludes halogenated alkanes) is 1. The number of amides is 1. The van der Waals surface area contributed by atoms with Gasteiger partial charge in [0, 0.05) is 23.1 Å². The van der Waals surface area contributed by atoms with Crippen LogP contribution in [0.1, 0.15) is 44.0 Å². The highest BCUT2D eigenvalue weighted by Crippen LogP contribution is 2.22. The first kappa shape index (κ1) is 21.0. The second-order valence-corrected chi connectivity index (χ2v) is 7.73. The third-order valence-corrected chi connectivity index (χ3v) is 4.58. The smallest absolute Gasteiger partial charge is 0.330 e. The van der Waals surface area contributed by atoms with E-state index in [1.54, 1.807) is 18.2 Å². The van der Waals surface area contributed by atoms with Crippen molar-refractivity contribution < 1.29 is 4.79 Å². The summed E-state index contributed by atoms with van der Waals surface area (Å²) < 4.78 is 2.07. The first-order valence-electron chi connectivity index (χ1n) is 8.96. The number of anilines is 2. The Balaban J connectivity index is 2.61. The minimum Gasteiger partial charge on any atom is -0.383 e. The number of H-pyrrole nitrogens is 1. The van der Waals surface area contributed by atoms with Crippen molar-refractivity contribution in [2.24, 2.45) is 5.92 Å². The number of hydrogen-bond donors (Lipinski definition) is 2. The van der Waals surface area contributed by atoms with Crippen LogP contribution < -0.4 is 21.9 Å². The predicted octanol–water partition coefficient (Wildman–Crippen LogP) is 2.98.